The van der Waals surface area contributed by atoms with Gasteiger partial charge < -0.3 is 4.74 Å². The molecule has 0 atom stereocenters. The molecule has 0 aliphatic carbocycles. The molecule has 3 aromatic rings. The van der Waals surface area contributed by atoms with Crippen LogP contribution >= 0.6 is 11.3 Å². The highest BCUT2D eigenvalue weighted by atomic mass is 32.1. The van der Waals surface area contributed by atoms with Crippen molar-refractivity contribution in [3.05, 3.63) is 52.2 Å². The van der Waals surface area contributed by atoms with E-state index in [1.54, 1.807) is 11.3 Å². The smallest absolute Gasteiger partial charge is 0.306 e. The average molecular weight is 328 g/mol. The zero-order chi connectivity index (χ0) is 16.4. The van der Waals surface area contributed by atoms with E-state index in [1.807, 2.05) is 37.7 Å². The number of esters is 1. The highest BCUT2D eigenvalue weighted by molar-refractivity contribution is 7.17. The lowest BCUT2D eigenvalue weighted by atomic mass is 10.1. The maximum atomic E-state index is 12.0. The van der Waals surface area contributed by atoms with Crippen molar-refractivity contribution in [1.29, 1.82) is 0 Å². The summed E-state index contributed by atoms with van der Waals surface area (Å²) in [5, 5.41) is 7.61. The van der Waals surface area contributed by atoms with Gasteiger partial charge in [0, 0.05) is 29.4 Å². The summed E-state index contributed by atoms with van der Waals surface area (Å²) in [7, 11) is 1.92. The van der Waals surface area contributed by atoms with Crippen LogP contribution in [0, 0.1) is 13.8 Å². The van der Waals surface area contributed by atoms with Gasteiger partial charge in [0.1, 0.15) is 6.61 Å². The third-order valence-electron chi connectivity index (χ3n) is 4.19. The number of thiophene rings is 1. The molecule has 4 nitrogen and oxygen atoms in total. The third-order valence-corrected chi connectivity index (χ3v) is 5.20. The lowest BCUT2D eigenvalue weighted by Crippen LogP contribution is -2.06. The fourth-order valence-corrected chi connectivity index (χ4v) is 3.73. The number of rotatable bonds is 5. The summed E-state index contributed by atoms with van der Waals surface area (Å²) in [5.74, 6) is -0.164. The van der Waals surface area contributed by atoms with Gasteiger partial charge in [-0.3, -0.25) is 9.48 Å². The van der Waals surface area contributed by atoms with Gasteiger partial charge in [0.25, 0.3) is 0 Å². The summed E-state index contributed by atoms with van der Waals surface area (Å²) < 4.78 is 8.52. The number of fused-ring (bicyclic) bond motifs is 1. The molecule has 120 valence electrons. The Morgan fingerprint density at radius 1 is 1.30 bits per heavy atom. The number of benzene rings is 1. The lowest BCUT2D eigenvalue weighted by molar-refractivity contribution is -0.144. The molecular weight excluding hydrogens is 308 g/mol. The molecule has 5 heteroatoms. The molecule has 23 heavy (non-hydrogen) atoms. The number of carbonyl (C=O) groups is 1. The minimum atomic E-state index is -0.164. The monoisotopic (exact) mass is 328 g/mol. The van der Waals surface area contributed by atoms with E-state index in [9.17, 15) is 4.79 Å². The topological polar surface area (TPSA) is 44.1 Å². The predicted octanol–water partition coefficient (Wildman–Crippen LogP) is 3.93. The molecule has 0 bridgehead atoms. The van der Waals surface area contributed by atoms with Crippen LogP contribution in [0.3, 0.4) is 0 Å². The Morgan fingerprint density at radius 3 is 2.83 bits per heavy atom. The second-order valence-corrected chi connectivity index (χ2v) is 6.60. The van der Waals surface area contributed by atoms with Gasteiger partial charge in [-0.2, -0.15) is 5.10 Å². The van der Waals surface area contributed by atoms with Crippen molar-refractivity contribution in [3.63, 3.8) is 0 Å². The zero-order valence-corrected chi connectivity index (χ0v) is 14.4. The van der Waals surface area contributed by atoms with Crippen LogP contribution in [0.25, 0.3) is 10.1 Å². The van der Waals surface area contributed by atoms with E-state index in [1.165, 1.54) is 10.1 Å². The first-order chi connectivity index (χ1) is 11.1. The molecule has 0 unspecified atom stereocenters. The fraction of sp³-hybridized carbons (Fsp3) is 0.333. The molecule has 2 heterocycles. The summed E-state index contributed by atoms with van der Waals surface area (Å²) in [6.45, 7) is 4.34. The minimum absolute atomic E-state index is 0.164. The fourth-order valence-electron chi connectivity index (χ4n) is 2.78. The lowest BCUT2D eigenvalue weighted by Gasteiger charge is -2.05. The van der Waals surface area contributed by atoms with Crippen LogP contribution in [0.2, 0.25) is 0 Å². The summed E-state index contributed by atoms with van der Waals surface area (Å²) in [6.07, 6.45) is 1.06. The van der Waals surface area contributed by atoms with E-state index >= 15 is 0 Å². The summed E-state index contributed by atoms with van der Waals surface area (Å²) in [4.78, 5) is 12.0. The van der Waals surface area contributed by atoms with Crippen LogP contribution in [-0.4, -0.2) is 15.7 Å². The van der Waals surface area contributed by atoms with E-state index < -0.39 is 0 Å². The van der Waals surface area contributed by atoms with Crippen LogP contribution in [0.4, 0.5) is 0 Å². The van der Waals surface area contributed by atoms with Crippen molar-refractivity contribution in [2.75, 3.05) is 0 Å². The van der Waals surface area contributed by atoms with Gasteiger partial charge in [0.15, 0.2) is 0 Å². The Labute approximate surface area is 139 Å². The van der Waals surface area contributed by atoms with Crippen LogP contribution in [0.5, 0.6) is 0 Å². The second kappa shape index (κ2) is 6.54. The number of carbonyl (C=O) groups excluding carboxylic acids is 1. The second-order valence-electron chi connectivity index (χ2n) is 5.69. The molecule has 0 aliphatic heterocycles. The van der Waals surface area contributed by atoms with E-state index in [0.29, 0.717) is 19.4 Å². The van der Waals surface area contributed by atoms with Crippen LogP contribution in [0.1, 0.15) is 28.9 Å². The van der Waals surface area contributed by atoms with Crippen molar-refractivity contribution in [1.82, 2.24) is 9.78 Å². The predicted molar refractivity (Wildman–Crippen MR) is 92.6 cm³/mol. The number of hydrogen-bond donors (Lipinski definition) is 0. The molecule has 0 aliphatic rings. The molecule has 3 rings (SSSR count). The Bertz CT molecular complexity index is 848. The number of aryl methyl sites for hydroxylation is 2. The van der Waals surface area contributed by atoms with Gasteiger partial charge in [-0.15, -0.1) is 11.3 Å². The van der Waals surface area contributed by atoms with Gasteiger partial charge in [0.05, 0.1) is 5.69 Å². The molecule has 0 saturated heterocycles. The Kier molecular flexibility index (Phi) is 4.48. The molecule has 0 N–H and O–H groups in total. The van der Waals surface area contributed by atoms with E-state index in [2.05, 4.69) is 22.6 Å². The van der Waals surface area contributed by atoms with Gasteiger partial charge in [-0.05, 0) is 42.7 Å². The van der Waals surface area contributed by atoms with Crippen LogP contribution < -0.4 is 0 Å². The van der Waals surface area contributed by atoms with Gasteiger partial charge in [0.2, 0.25) is 0 Å². The number of nitrogens with zero attached hydrogens (tertiary/aromatic N) is 2. The van der Waals surface area contributed by atoms with E-state index in [-0.39, 0.29) is 5.97 Å². The molecule has 1 aromatic carbocycles. The normalized spacial score (nSPS) is 11.1. The van der Waals surface area contributed by atoms with Crippen molar-refractivity contribution in [3.8, 4) is 0 Å². The number of hydrogen-bond acceptors (Lipinski definition) is 4. The Morgan fingerprint density at radius 2 is 2.09 bits per heavy atom. The maximum Gasteiger partial charge on any atom is 0.306 e. The van der Waals surface area contributed by atoms with Gasteiger partial charge in [-0.25, -0.2) is 0 Å². The Balaban J connectivity index is 1.58. The average Bonchev–Trinajstić information content (AvgIpc) is 3.05. The van der Waals surface area contributed by atoms with Crippen molar-refractivity contribution in [2.45, 2.75) is 33.3 Å². The summed E-state index contributed by atoms with van der Waals surface area (Å²) in [6, 6.07) is 8.18. The molecule has 0 saturated carbocycles. The number of aromatic nitrogens is 2. The van der Waals surface area contributed by atoms with Gasteiger partial charge in [-0.1, -0.05) is 18.2 Å². The molecule has 2 aromatic heterocycles. The first-order valence-electron chi connectivity index (χ1n) is 7.66. The minimum Gasteiger partial charge on any atom is -0.461 e. The first-order valence-corrected chi connectivity index (χ1v) is 8.54. The van der Waals surface area contributed by atoms with Crippen molar-refractivity contribution < 1.29 is 9.53 Å². The Hall–Kier alpha value is -2.14. The zero-order valence-electron chi connectivity index (χ0n) is 13.6. The largest absolute Gasteiger partial charge is 0.461 e. The van der Waals surface area contributed by atoms with Gasteiger partial charge >= 0.3 is 5.97 Å². The molecule has 0 spiro atoms. The van der Waals surface area contributed by atoms with Crippen LogP contribution in [0.15, 0.2) is 29.6 Å². The summed E-state index contributed by atoms with van der Waals surface area (Å²) >= 11 is 1.68. The highest BCUT2D eigenvalue weighted by Gasteiger charge is 2.12. The standard InChI is InChI=1S/C18H20N2O2S/c1-12-15(13(2)20(3)19-12)8-9-18(21)22-10-14-11-23-17-7-5-4-6-16(14)17/h4-7,11H,8-10H2,1-3H3. The van der Waals surface area contributed by atoms with Crippen molar-refractivity contribution in [2.24, 2.45) is 7.05 Å². The third kappa shape index (κ3) is 3.29. The number of ether oxygens (including phenoxy) is 1. The molecular formula is C18H20N2O2S. The molecule has 0 fully saturated rings. The summed E-state index contributed by atoms with van der Waals surface area (Å²) in [5.41, 5.74) is 4.32. The van der Waals surface area contributed by atoms with Crippen LogP contribution in [-0.2, 0) is 29.6 Å². The van der Waals surface area contributed by atoms with E-state index in [0.717, 1.165) is 22.5 Å². The SMILES string of the molecule is Cc1nn(C)c(C)c1CCC(=O)OCc1csc2ccccc12. The highest BCUT2D eigenvalue weighted by Crippen LogP contribution is 2.26. The first kappa shape index (κ1) is 15.7. The van der Waals surface area contributed by atoms with E-state index in [4.69, 9.17) is 4.74 Å². The molecule has 0 radical (unpaired) electrons. The van der Waals surface area contributed by atoms with Crippen molar-refractivity contribution >= 4 is 27.4 Å². The molecule has 0 amide bonds. The maximum absolute atomic E-state index is 12.0. The quantitative estimate of drug-likeness (QED) is 0.667.